The number of ether oxygens (including phenoxy) is 1. The Balaban J connectivity index is 1.32. The standard InChI is InChI=1S/C22H23FN2O3/c23-19-10-14(3-5-21(19)28-17-2-1-7-24-12-17)4-6-22(27)25-20-11-16-8-15(13-26)9-18(16)20/h1-7,10,12,15-16,18,20,26H,8-9,11,13H2,(H,25,27)/b6-4+/t15?,16-,18-,20+/m1/s1. The first-order chi connectivity index (χ1) is 13.6. The minimum Gasteiger partial charge on any atom is -0.453 e. The highest BCUT2D eigenvalue weighted by atomic mass is 19.1. The van der Waals surface area contributed by atoms with Gasteiger partial charge in [-0.3, -0.25) is 9.78 Å². The van der Waals surface area contributed by atoms with Crippen LogP contribution in [0.2, 0.25) is 0 Å². The fourth-order valence-corrected chi connectivity index (χ4v) is 4.30. The molecule has 1 amide bonds. The summed E-state index contributed by atoms with van der Waals surface area (Å²) in [6.45, 7) is 0.236. The Morgan fingerprint density at radius 3 is 2.96 bits per heavy atom. The second kappa shape index (κ2) is 8.10. The van der Waals surface area contributed by atoms with Crippen molar-refractivity contribution in [3.05, 3.63) is 60.2 Å². The van der Waals surface area contributed by atoms with E-state index in [1.54, 1.807) is 30.5 Å². The van der Waals surface area contributed by atoms with E-state index in [0.717, 1.165) is 19.3 Å². The molecule has 0 radical (unpaired) electrons. The molecule has 0 aliphatic heterocycles. The van der Waals surface area contributed by atoms with Crippen molar-refractivity contribution >= 4 is 12.0 Å². The number of rotatable bonds is 6. The van der Waals surface area contributed by atoms with Crippen LogP contribution in [0.3, 0.4) is 0 Å². The van der Waals surface area contributed by atoms with Crippen molar-refractivity contribution in [2.24, 2.45) is 17.8 Å². The van der Waals surface area contributed by atoms with Crippen molar-refractivity contribution < 1.29 is 19.0 Å². The first-order valence-electron chi connectivity index (χ1n) is 9.59. The summed E-state index contributed by atoms with van der Waals surface area (Å²) in [5.74, 6) is 1.38. The molecular weight excluding hydrogens is 359 g/mol. The molecule has 2 aliphatic rings. The van der Waals surface area contributed by atoms with E-state index in [4.69, 9.17) is 4.74 Å². The minimum atomic E-state index is -0.505. The maximum atomic E-state index is 14.3. The predicted molar refractivity (Wildman–Crippen MR) is 103 cm³/mol. The number of pyridine rings is 1. The zero-order valence-corrected chi connectivity index (χ0v) is 15.4. The lowest BCUT2D eigenvalue weighted by atomic mass is 9.71. The average molecular weight is 382 g/mol. The molecule has 1 aromatic carbocycles. The Morgan fingerprint density at radius 2 is 2.21 bits per heavy atom. The molecule has 2 aliphatic carbocycles. The predicted octanol–water partition coefficient (Wildman–Crippen LogP) is 3.55. The highest BCUT2D eigenvalue weighted by Crippen LogP contribution is 2.49. The highest BCUT2D eigenvalue weighted by molar-refractivity contribution is 5.92. The van der Waals surface area contributed by atoms with Crippen LogP contribution in [0.4, 0.5) is 4.39 Å². The molecule has 1 unspecified atom stereocenters. The second-order valence-electron chi connectivity index (χ2n) is 7.61. The maximum absolute atomic E-state index is 14.3. The summed E-state index contributed by atoms with van der Waals surface area (Å²) in [5, 5.41) is 12.3. The maximum Gasteiger partial charge on any atom is 0.244 e. The lowest BCUT2D eigenvalue weighted by Gasteiger charge is -2.40. The molecule has 4 rings (SSSR count). The number of aliphatic hydroxyl groups excluding tert-OH is 1. The average Bonchev–Trinajstić information content (AvgIpc) is 3.03. The van der Waals surface area contributed by atoms with E-state index in [-0.39, 0.29) is 24.3 Å². The van der Waals surface area contributed by atoms with Crippen LogP contribution in [-0.2, 0) is 4.79 Å². The van der Waals surface area contributed by atoms with Crippen molar-refractivity contribution in [1.29, 1.82) is 0 Å². The Hall–Kier alpha value is -2.73. The van der Waals surface area contributed by atoms with E-state index in [9.17, 15) is 14.3 Å². The number of carbonyl (C=O) groups is 1. The van der Waals surface area contributed by atoms with E-state index in [1.165, 1.54) is 24.4 Å². The van der Waals surface area contributed by atoms with Gasteiger partial charge < -0.3 is 15.2 Å². The molecule has 0 bridgehead atoms. The molecule has 28 heavy (non-hydrogen) atoms. The van der Waals surface area contributed by atoms with Crippen molar-refractivity contribution in [1.82, 2.24) is 10.3 Å². The number of aliphatic hydroxyl groups is 1. The molecule has 0 spiro atoms. The van der Waals surface area contributed by atoms with Crippen LogP contribution in [0.1, 0.15) is 24.8 Å². The van der Waals surface area contributed by atoms with Gasteiger partial charge in [-0.2, -0.15) is 0 Å². The fourth-order valence-electron chi connectivity index (χ4n) is 4.30. The fraction of sp³-hybridized carbons (Fsp3) is 0.364. The summed E-state index contributed by atoms with van der Waals surface area (Å²) >= 11 is 0. The third kappa shape index (κ3) is 4.07. The molecule has 0 saturated heterocycles. The van der Waals surface area contributed by atoms with Crippen LogP contribution in [-0.4, -0.2) is 28.6 Å². The zero-order chi connectivity index (χ0) is 19.5. The molecule has 1 heterocycles. The van der Waals surface area contributed by atoms with Gasteiger partial charge in [-0.15, -0.1) is 0 Å². The van der Waals surface area contributed by atoms with Crippen molar-refractivity contribution in [3.8, 4) is 11.5 Å². The summed E-state index contributed by atoms with van der Waals surface area (Å²) in [4.78, 5) is 16.1. The molecule has 5 nitrogen and oxygen atoms in total. The minimum absolute atomic E-state index is 0.106. The van der Waals surface area contributed by atoms with Crippen molar-refractivity contribution in [3.63, 3.8) is 0 Å². The number of halogens is 1. The van der Waals surface area contributed by atoms with Gasteiger partial charge in [0, 0.05) is 24.9 Å². The van der Waals surface area contributed by atoms with Crippen LogP contribution >= 0.6 is 0 Å². The lowest BCUT2D eigenvalue weighted by molar-refractivity contribution is -0.118. The number of amides is 1. The van der Waals surface area contributed by atoms with Crippen molar-refractivity contribution in [2.75, 3.05) is 6.61 Å². The molecule has 2 N–H and O–H groups in total. The molecule has 6 heteroatoms. The van der Waals surface area contributed by atoms with Gasteiger partial charge in [-0.05, 0) is 72.9 Å². The van der Waals surface area contributed by atoms with Crippen LogP contribution in [0.5, 0.6) is 11.5 Å². The van der Waals surface area contributed by atoms with Crippen LogP contribution in [0, 0.1) is 23.6 Å². The van der Waals surface area contributed by atoms with Crippen LogP contribution in [0.15, 0.2) is 48.8 Å². The summed E-state index contributed by atoms with van der Waals surface area (Å²) in [5.41, 5.74) is 0.582. The Kier molecular flexibility index (Phi) is 5.39. The van der Waals surface area contributed by atoms with E-state index in [0.29, 0.717) is 29.1 Å². The molecule has 146 valence electrons. The van der Waals surface area contributed by atoms with Crippen LogP contribution < -0.4 is 10.1 Å². The highest BCUT2D eigenvalue weighted by Gasteiger charge is 2.47. The van der Waals surface area contributed by atoms with Gasteiger partial charge in [0.2, 0.25) is 5.91 Å². The summed E-state index contributed by atoms with van der Waals surface area (Å²) in [6.07, 6.45) is 9.18. The normalized spacial score (nSPS) is 25.9. The number of hydrogen-bond donors (Lipinski definition) is 2. The number of benzene rings is 1. The molecule has 2 aromatic rings. The first kappa shape index (κ1) is 18.6. The number of nitrogens with one attached hydrogen (secondary N) is 1. The summed E-state index contributed by atoms with van der Waals surface area (Å²) < 4.78 is 19.7. The number of carbonyl (C=O) groups excluding carboxylic acids is 1. The molecule has 2 saturated carbocycles. The first-order valence-corrected chi connectivity index (χ1v) is 9.59. The molecule has 4 atom stereocenters. The summed E-state index contributed by atoms with van der Waals surface area (Å²) in [6, 6.07) is 8.15. The molecule has 1 aromatic heterocycles. The van der Waals surface area contributed by atoms with Gasteiger partial charge in [0.15, 0.2) is 11.6 Å². The van der Waals surface area contributed by atoms with E-state index >= 15 is 0 Å². The van der Waals surface area contributed by atoms with Crippen LogP contribution in [0.25, 0.3) is 6.08 Å². The number of fused-ring (bicyclic) bond motifs is 1. The molecular formula is C22H23FN2O3. The van der Waals surface area contributed by atoms with E-state index in [2.05, 4.69) is 10.3 Å². The Labute approximate surface area is 163 Å². The molecule has 2 fully saturated rings. The Morgan fingerprint density at radius 1 is 1.32 bits per heavy atom. The zero-order valence-electron chi connectivity index (χ0n) is 15.4. The quantitative estimate of drug-likeness (QED) is 0.750. The SMILES string of the molecule is O=C(/C=C/c1ccc(Oc2cccnc2)c(F)c1)N[C@H]1C[C@H]2CC(CO)C[C@H]21. The van der Waals surface area contributed by atoms with Gasteiger partial charge in [0.25, 0.3) is 0 Å². The summed E-state index contributed by atoms with van der Waals surface area (Å²) in [7, 11) is 0. The van der Waals surface area contributed by atoms with Gasteiger partial charge in [0.1, 0.15) is 5.75 Å². The largest absolute Gasteiger partial charge is 0.453 e. The Bertz CT molecular complexity index is 871. The smallest absolute Gasteiger partial charge is 0.244 e. The van der Waals surface area contributed by atoms with Gasteiger partial charge in [-0.25, -0.2) is 4.39 Å². The van der Waals surface area contributed by atoms with Gasteiger partial charge in [0.05, 0.1) is 6.20 Å². The monoisotopic (exact) mass is 382 g/mol. The van der Waals surface area contributed by atoms with E-state index < -0.39 is 5.82 Å². The van der Waals surface area contributed by atoms with Crippen molar-refractivity contribution in [2.45, 2.75) is 25.3 Å². The lowest BCUT2D eigenvalue weighted by Crippen LogP contribution is -2.49. The second-order valence-corrected chi connectivity index (χ2v) is 7.61. The third-order valence-corrected chi connectivity index (χ3v) is 5.75. The topological polar surface area (TPSA) is 71.5 Å². The third-order valence-electron chi connectivity index (χ3n) is 5.75. The number of aromatic nitrogens is 1. The van der Waals surface area contributed by atoms with Gasteiger partial charge >= 0.3 is 0 Å². The number of nitrogens with zero attached hydrogens (tertiary/aromatic N) is 1. The van der Waals surface area contributed by atoms with Gasteiger partial charge in [-0.1, -0.05) is 6.07 Å². The number of hydrogen-bond acceptors (Lipinski definition) is 4. The van der Waals surface area contributed by atoms with E-state index in [1.807, 2.05) is 0 Å².